The van der Waals surface area contributed by atoms with Gasteiger partial charge in [0.25, 0.3) is 0 Å². The maximum Gasteiger partial charge on any atom is 0.514 e. The predicted octanol–water partition coefficient (Wildman–Crippen LogP) is 5.28. The van der Waals surface area contributed by atoms with Crippen molar-refractivity contribution >= 4 is 24.2 Å². The zero-order valence-electron chi connectivity index (χ0n) is 24.1. The van der Waals surface area contributed by atoms with Gasteiger partial charge >= 0.3 is 24.2 Å². The van der Waals surface area contributed by atoms with E-state index in [0.717, 1.165) is 0 Å². The van der Waals surface area contributed by atoms with E-state index in [0.29, 0.717) is 12.0 Å². The van der Waals surface area contributed by atoms with E-state index in [2.05, 4.69) is 0 Å². The van der Waals surface area contributed by atoms with Crippen LogP contribution in [0.25, 0.3) is 0 Å². The van der Waals surface area contributed by atoms with Crippen molar-refractivity contribution in [3.8, 4) is 11.5 Å². The number of ether oxygens (including phenoxy) is 5. The average molecular weight is 554 g/mol. The monoisotopic (exact) mass is 553 g/mol. The molecule has 0 spiro atoms. The van der Waals surface area contributed by atoms with E-state index in [-0.39, 0.29) is 36.4 Å². The molecule has 0 fully saturated rings. The lowest BCUT2D eigenvalue weighted by atomic mass is 9.82. The number of aliphatic carboxylic acids is 1. The van der Waals surface area contributed by atoms with Gasteiger partial charge in [-0.1, -0.05) is 47.6 Å². The maximum absolute atomic E-state index is 12.5. The van der Waals surface area contributed by atoms with Crippen LogP contribution in [0.15, 0.2) is 18.2 Å². The number of hydrogen-bond acceptors (Lipinski definition) is 10. The van der Waals surface area contributed by atoms with E-state index in [1.807, 2.05) is 34.6 Å². The van der Waals surface area contributed by atoms with Gasteiger partial charge in [-0.05, 0) is 55.7 Å². The fourth-order valence-electron chi connectivity index (χ4n) is 3.35. The number of nitrogens with two attached hydrogens (primary N) is 1. The number of carboxylic acids is 1. The summed E-state index contributed by atoms with van der Waals surface area (Å²) in [5.41, 5.74) is 6.39. The SMILES string of the molecule is CCCC(=O)OCC(C)C(c1ccc(OC(=O)OC(C)C(C)C)c(OC(=O)OC(C)C(C)C)c1)[C@H](N)C(=O)O. The number of carbonyl (C=O) groups is 4. The Morgan fingerprint density at radius 1 is 0.846 bits per heavy atom. The van der Waals surface area contributed by atoms with Gasteiger partial charge in [-0.15, -0.1) is 0 Å². The lowest BCUT2D eigenvalue weighted by Gasteiger charge is -2.28. The van der Waals surface area contributed by atoms with Gasteiger partial charge in [-0.25, -0.2) is 9.59 Å². The van der Waals surface area contributed by atoms with Crippen LogP contribution in [0.2, 0.25) is 0 Å². The molecular formula is C28H43NO10. The van der Waals surface area contributed by atoms with Gasteiger partial charge in [-0.3, -0.25) is 9.59 Å². The molecule has 0 saturated heterocycles. The van der Waals surface area contributed by atoms with Gasteiger partial charge in [0.1, 0.15) is 18.2 Å². The molecule has 3 N–H and O–H groups in total. The zero-order chi connectivity index (χ0) is 29.9. The maximum atomic E-state index is 12.5. The zero-order valence-corrected chi connectivity index (χ0v) is 24.1. The summed E-state index contributed by atoms with van der Waals surface area (Å²) < 4.78 is 26.5. The largest absolute Gasteiger partial charge is 0.514 e. The summed E-state index contributed by atoms with van der Waals surface area (Å²) in [6.07, 6.45) is -2.11. The number of hydrogen-bond donors (Lipinski definition) is 2. The minimum atomic E-state index is -1.38. The van der Waals surface area contributed by atoms with Gasteiger partial charge in [0.2, 0.25) is 0 Å². The summed E-state index contributed by atoms with van der Waals surface area (Å²) in [7, 11) is 0. The van der Waals surface area contributed by atoms with Crippen molar-refractivity contribution in [3.05, 3.63) is 23.8 Å². The average Bonchev–Trinajstić information content (AvgIpc) is 2.84. The topological polar surface area (TPSA) is 161 Å². The van der Waals surface area contributed by atoms with Crippen LogP contribution in [0, 0.1) is 17.8 Å². The highest BCUT2D eigenvalue weighted by atomic mass is 16.7. The first-order valence-corrected chi connectivity index (χ1v) is 13.2. The summed E-state index contributed by atoms with van der Waals surface area (Å²) >= 11 is 0. The third-order valence-corrected chi connectivity index (χ3v) is 6.43. The Bertz CT molecular complexity index is 977. The van der Waals surface area contributed by atoms with E-state index in [1.54, 1.807) is 20.8 Å². The highest BCUT2D eigenvalue weighted by Gasteiger charge is 2.33. The fraction of sp³-hybridized carbons (Fsp3) is 0.643. The lowest BCUT2D eigenvalue weighted by Crippen LogP contribution is -2.40. The van der Waals surface area contributed by atoms with Crippen LogP contribution in [-0.4, -0.2) is 54.2 Å². The molecule has 11 heteroatoms. The molecule has 0 aliphatic heterocycles. The smallest absolute Gasteiger partial charge is 0.480 e. The van der Waals surface area contributed by atoms with E-state index in [4.69, 9.17) is 29.4 Å². The molecule has 1 aromatic rings. The Morgan fingerprint density at radius 3 is 1.82 bits per heavy atom. The molecule has 0 radical (unpaired) electrons. The molecule has 0 heterocycles. The number of carboxylic acid groups (broad SMARTS) is 1. The lowest BCUT2D eigenvalue weighted by molar-refractivity contribution is -0.145. The summed E-state index contributed by atoms with van der Waals surface area (Å²) in [6.45, 7) is 14.4. The van der Waals surface area contributed by atoms with Crippen LogP contribution in [0.1, 0.15) is 79.7 Å². The molecule has 39 heavy (non-hydrogen) atoms. The first-order chi connectivity index (χ1) is 18.2. The Labute approximate surface area is 230 Å². The molecule has 1 rings (SSSR count). The van der Waals surface area contributed by atoms with Gasteiger partial charge in [0.15, 0.2) is 11.5 Å². The fourth-order valence-corrected chi connectivity index (χ4v) is 3.35. The number of benzene rings is 1. The summed E-state index contributed by atoms with van der Waals surface area (Å²) in [4.78, 5) is 48.7. The molecule has 4 unspecified atom stereocenters. The summed E-state index contributed by atoms with van der Waals surface area (Å²) in [5, 5.41) is 9.67. The van der Waals surface area contributed by atoms with Crippen LogP contribution in [-0.2, 0) is 23.8 Å². The van der Waals surface area contributed by atoms with E-state index in [1.165, 1.54) is 18.2 Å². The van der Waals surface area contributed by atoms with E-state index >= 15 is 0 Å². The van der Waals surface area contributed by atoms with Crippen molar-refractivity contribution < 1.29 is 48.0 Å². The molecule has 11 nitrogen and oxygen atoms in total. The molecule has 0 amide bonds. The highest BCUT2D eigenvalue weighted by molar-refractivity contribution is 5.75. The minimum absolute atomic E-state index is 0.0151. The molecule has 0 aliphatic rings. The first-order valence-electron chi connectivity index (χ1n) is 13.2. The standard InChI is InChI=1S/C28H43NO10/c1-9-10-23(30)35-14-17(6)24(25(29)26(31)32)20-11-12-21(38-27(33)36-18(7)15(2)3)22(13-20)39-28(34)37-19(8)16(4)5/h11-13,15-19,24-25H,9-10,14,29H2,1-8H3,(H,31,32)/t17?,18?,19?,24?,25-/m0/s1. The Kier molecular flexibility index (Phi) is 13.8. The third kappa shape index (κ3) is 11.1. The van der Waals surface area contributed by atoms with Gasteiger partial charge in [-0.2, -0.15) is 0 Å². The molecule has 220 valence electrons. The highest BCUT2D eigenvalue weighted by Crippen LogP contribution is 2.36. The van der Waals surface area contributed by atoms with Crippen LogP contribution in [0.4, 0.5) is 9.59 Å². The van der Waals surface area contributed by atoms with E-state index in [9.17, 15) is 24.3 Å². The van der Waals surface area contributed by atoms with Crippen molar-refractivity contribution in [2.24, 2.45) is 23.5 Å². The van der Waals surface area contributed by atoms with Crippen molar-refractivity contribution in [1.82, 2.24) is 0 Å². The minimum Gasteiger partial charge on any atom is -0.480 e. The first kappa shape index (κ1) is 33.7. The molecule has 0 bridgehead atoms. The van der Waals surface area contributed by atoms with E-state index < -0.39 is 54.3 Å². The Balaban J connectivity index is 3.40. The quantitative estimate of drug-likeness (QED) is 0.175. The molecule has 1 aromatic carbocycles. The second-order valence-electron chi connectivity index (χ2n) is 10.3. The molecule has 0 aliphatic carbocycles. The van der Waals surface area contributed by atoms with Gasteiger partial charge < -0.3 is 34.5 Å². The predicted molar refractivity (Wildman–Crippen MR) is 143 cm³/mol. The summed E-state index contributed by atoms with van der Waals surface area (Å²) in [6, 6.07) is 2.83. The Morgan fingerprint density at radius 2 is 1.36 bits per heavy atom. The summed E-state index contributed by atoms with van der Waals surface area (Å²) in [5.74, 6) is -3.34. The molecular weight excluding hydrogens is 510 g/mol. The Hall–Kier alpha value is -3.34. The van der Waals surface area contributed by atoms with Crippen molar-refractivity contribution in [2.45, 2.75) is 92.4 Å². The van der Waals surface area contributed by atoms with Gasteiger partial charge in [0, 0.05) is 12.3 Å². The molecule has 0 saturated carbocycles. The number of rotatable bonds is 14. The van der Waals surface area contributed by atoms with Crippen LogP contribution >= 0.6 is 0 Å². The third-order valence-electron chi connectivity index (χ3n) is 6.43. The van der Waals surface area contributed by atoms with Crippen LogP contribution in [0.3, 0.4) is 0 Å². The van der Waals surface area contributed by atoms with Crippen molar-refractivity contribution in [2.75, 3.05) is 6.61 Å². The second kappa shape index (κ2) is 15.9. The second-order valence-corrected chi connectivity index (χ2v) is 10.3. The van der Waals surface area contributed by atoms with Crippen LogP contribution in [0.5, 0.6) is 11.5 Å². The van der Waals surface area contributed by atoms with Crippen LogP contribution < -0.4 is 15.2 Å². The molecule has 5 atom stereocenters. The van der Waals surface area contributed by atoms with Gasteiger partial charge in [0.05, 0.1) is 6.61 Å². The van der Waals surface area contributed by atoms with Crippen molar-refractivity contribution in [3.63, 3.8) is 0 Å². The number of carbonyl (C=O) groups excluding carboxylic acids is 3. The van der Waals surface area contributed by atoms with Crippen molar-refractivity contribution in [1.29, 1.82) is 0 Å². The molecule has 0 aromatic heterocycles. The normalized spacial score (nSPS) is 15.1. The number of esters is 1.